The first-order valence-electron chi connectivity index (χ1n) is 8.17. The lowest BCUT2D eigenvalue weighted by Crippen LogP contribution is -2.55. The SMILES string of the molecule is CCCCN(C)c1ccc(C(=O)NC(C)(CN)C(C)C)cc1. The second kappa shape index (κ2) is 8.18. The van der Waals surface area contributed by atoms with Crippen molar-refractivity contribution in [2.75, 3.05) is 25.0 Å². The maximum absolute atomic E-state index is 12.4. The van der Waals surface area contributed by atoms with Gasteiger partial charge in [-0.15, -0.1) is 0 Å². The molecular formula is C18H31N3O. The minimum atomic E-state index is -0.381. The third-order valence-electron chi connectivity index (χ3n) is 4.51. The predicted molar refractivity (Wildman–Crippen MR) is 94.4 cm³/mol. The summed E-state index contributed by atoms with van der Waals surface area (Å²) in [5, 5.41) is 3.06. The highest BCUT2D eigenvalue weighted by Crippen LogP contribution is 2.18. The molecule has 0 aliphatic carbocycles. The van der Waals surface area contributed by atoms with Gasteiger partial charge in [0, 0.05) is 31.4 Å². The van der Waals surface area contributed by atoms with Crippen LogP contribution in [-0.4, -0.2) is 31.6 Å². The summed E-state index contributed by atoms with van der Waals surface area (Å²) in [4.78, 5) is 14.6. The fourth-order valence-corrected chi connectivity index (χ4v) is 2.15. The summed E-state index contributed by atoms with van der Waals surface area (Å²) < 4.78 is 0. The molecule has 0 saturated heterocycles. The molecule has 3 N–H and O–H groups in total. The Labute approximate surface area is 135 Å². The van der Waals surface area contributed by atoms with Crippen LogP contribution in [0.1, 0.15) is 50.9 Å². The highest BCUT2D eigenvalue weighted by molar-refractivity contribution is 5.95. The molecule has 0 aliphatic heterocycles. The van der Waals surface area contributed by atoms with Gasteiger partial charge >= 0.3 is 0 Å². The Morgan fingerprint density at radius 3 is 2.36 bits per heavy atom. The molecule has 1 unspecified atom stereocenters. The lowest BCUT2D eigenvalue weighted by atomic mass is 9.88. The molecule has 1 aromatic carbocycles. The molecule has 1 amide bonds. The van der Waals surface area contributed by atoms with E-state index in [0.717, 1.165) is 12.2 Å². The number of benzene rings is 1. The maximum atomic E-state index is 12.4. The van der Waals surface area contributed by atoms with Crippen molar-refractivity contribution in [3.05, 3.63) is 29.8 Å². The number of carbonyl (C=O) groups is 1. The van der Waals surface area contributed by atoms with Crippen molar-refractivity contribution in [3.63, 3.8) is 0 Å². The van der Waals surface area contributed by atoms with Crippen LogP contribution in [0.2, 0.25) is 0 Å². The largest absolute Gasteiger partial charge is 0.375 e. The molecule has 1 aromatic rings. The van der Waals surface area contributed by atoms with Gasteiger partial charge in [-0.25, -0.2) is 0 Å². The Hall–Kier alpha value is -1.55. The summed E-state index contributed by atoms with van der Waals surface area (Å²) >= 11 is 0. The van der Waals surface area contributed by atoms with Gasteiger partial charge in [0.15, 0.2) is 0 Å². The second-order valence-electron chi connectivity index (χ2n) is 6.55. The number of carbonyl (C=O) groups excluding carboxylic acids is 1. The summed E-state index contributed by atoms with van der Waals surface area (Å²) in [6, 6.07) is 7.76. The third kappa shape index (κ3) is 4.73. The quantitative estimate of drug-likeness (QED) is 0.776. The zero-order valence-corrected chi connectivity index (χ0v) is 14.6. The minimum Gasteiger partial charge on any atom is -0.375 e. The zero-order valence-electron chi connectivity index (χ0n) is 14.6. The molecule has 0 aromatic heterocycles. The molecule has 0 aliphatic rings. The van der Waals surface area contributed by atoms with E-state index in [-0.39, 0.29) is 17.4 Å². The van der Waals surface area contributed by atoms with Crippen LogP contribution in [0.25, 0.3) is 0 Å². The van der Waals surface area contributed by atoms with E-state index < -0.39 is 0 Å². The van der Waals surface area contributed by atoms with E-state index >= 15 is 0 Å². The van der Waals surface area contributed by atoms with Crippen LogP contribution in [0.4, 0.5) is 5.69 Å². The molecule has 124 valence electrons. The van der Waals surface area contributed by atoms with Crippen LogP contribution < -0.4 is 16.0 Å². The van der Waals surface area contributed by atoms with Crippen molar-refractivity contribution in [2.45, 2.75) is 46.1 Å². The summed E-state index contributed by atoms with van der Waals surface area (Å²) in [6.45, 7) is 9.76. The molecule has 22 heavy (non-hydrogen) atoms. The Morgan fingerprint density at radius 2 is 1.91 bits per heavy atom. The number of unbranched alkanes of at least 4 members (excludes halogenated alkanes) is 1. The fourth-order valence-electron chi connectivity index (χ4n) is 2.15. The number of hydrogen-bond donors (Lipinski definition) is 2. The summed E-state index contributed by atoms with van der Waals surface area (Å²) in [7, 11) is 2.08. The lowest BCUT2D eigenvalue weighted by Gasteiger charge is -2.33. The monoisotopic (exact) mass is 305 g/mol. The molecule has 0 fully saturated rings. The smallest absolute Gasteiger partial charge is 0.251 e. The number of hydrogen-bond acceptors (Lipinski definition) is 3. The predicted octanol–water partition coefficient (Wildman–Crippen LogP) is 3.03. The first kappa shape index (κ1) is 18.5. The second-order valence-corrected chi connectivity index (χ2v) is 6.55. The van der Waals surface area contributed by atoms with E-state index in [0.29, 0.717) is 12.1 Å². The van der Waals surface area contributed by atoms with Gasteiger partial charge in [0.1, 0.15) is 0 Å². The first-order chi connectivity index (χ1) is 10.3. The van der Waals surface area contributed by atoms with Gasteiger partial charge in [-0.1, -0.05) is 27.2 Å². The number of nitrogens with zero attached hydrogens (tertiary/aromatic N) is 1. The summed E-state index contributed by atoms with van der Waals surface area (Å²) in [5.74, 6) is 0.213. The van der Waals surface area contributed by atoms with Crippen LogP contribution in [0.5, 0.6) is 0 Å². The van der Waals surface area contributed by atoms with E-state index in [4.69, 9.17) is 5.73 Å². The van der Waals surface area contributed by atoms with Gasteiger partial charge < -0.3 is 16.0 Å². The van der Waals surface area contributed by atoms with Crippen LogP contribution in [0, 0.1) is 5.92 Å². The first-order valence-corrected chi connectivity index (χ1v) is 8.17. The van der Waals surface area contributed by atoms with Crippen molar-refractivity contribution in [1.82, 2.24) is 5.32 Å². The van der Waals surface area contributed by atoms with Gasteiger partial charge in [-0.3, -0.25) is 4.79 Å². The average molecular weight is 305 g/mol. The molecule has 0 saturated carbocycles. The third-order valence-corrected chi connectivity index (χ3v) is 4.51. The van der Waals surface area contributed by atoms with Crippen molar-refractivity contribution in [2.24, 2.45) is 11.7 Å². The maximum Gasteiger partial charge on any atom is 0.251 e. The lowest BCUT2D eigenvalue weighted by molar-refractivity contribution is 0.0883. The summed E-state index contributed by atoms with van der Waals surface area (Å²) in [5.41, 5.74) is 7.25. The van der Waals surface area contributed by atoms with Crippen LogP contribution >= 0.6 is 0 Å². The average Bonchev–Trinajstić information content (AvgIpc) is 2.52. The van der Waals surface area contributed by atoms with Crippen molar-refractivity contribution in [1.29, 1.82) is 0 Å². The Kier molecular flexibility index (Phi) is 6.88. The van der Waals surface area contributed by atoms with E-state index in [1.165, 1.54) is 12.8 Å². The standard InChI is InChI=1S/C18H31N3O/c1-6-7-12-21(5)16-10-8-15(9-11-16)17(22)20-18(4,13-19)14(2)3/h8-11,14H,6-7,12-13,19H2,1-5H3,(H,20,22). The van der Waals surface area contributed by atoms with E-state index in [1.54, 1.807) is 0 Å². The number of nitrogens with two attached hydrogens (primary N) is 1. The van der Waals surface area contributed by atoms with Crippen molar-refractivity contribution < 1.29 is 4.79 Å². The Morgan fingerprint density at radius 1 is 1.32 bits per heavy atom. The van der Waals surface area contributed by atoms with Gasteiger partial charge in [0.2, 0.25) is 0 Å². The van der Waals surface area contributed by atoms with Crippen LogP contribution in [0.15, 0.2) is 24.3 Å². The molecule has 1 rings (SSSR count). The van der Waals surface area contributed by atoms with Gasteiger partial charge in [-0.2, -0.15) is 0 Å². The molecular weight excluding hydrogens is 274 g/mol. The highest BCUT2D eigenvalue weighted by atomic mass is 16.1. The van der Waals surface area contributed by atoms with Gasteiger partial charge in [0.25, 0.3) is 5.91 Å². The number of rotatable bonds is 8. The van der Waals surface area contributed by atoms with E-state index in [2.05, 4.69) is 38.0 Å². The topological polar surface area (TPSA) is 58.4 Å². The molecule has 0 radical (unpaired) electrons. The molecule has 4 heteroatoms. The Bertz CT molecular complexity index is 470. The van der Waals surface area contributed by atoms with Crippen LogP contribution in [-0.2, 0) is 0 Å². The molecule has 1 atom stereocenters. The zero-order chi connectivity index (χ0) is 16.8. The number of amides is 1. The van der Waals surface area contributed by atoms with Crippen molar-refractivity contribution in [3.8, 4) is 0 Å². The van der Waals surface area contributed by atoms with Crippen LogP contribution in [0.3, 0.4) is 0 Å². The summed E-state index contributed by atoms with van der Waals surface area (Å²) in [6.07, 6.45) is 2.35. The van der Waals surface area contributed by atoms with Gasteiger partial charge in [-0.05, 0) is 43.5 Å². The minimum absolute atomic E-state index is 0.0654. The molecule has 4 nitrogen and oxygen atoms in total. The molecule has 0 heterocycles. The number of anilines is 1. The normalized spacial score (nSPS) is 13.8. The highest BCUT2D eigenvalue weighted by Gasteiger charge is 2.28. The van der Waals surface area contributed by atoms with E-state index in [1.807, 2.05) is 31.2 Å². The molecule has 0 bridgehead atoms. The molecule has 0 spiro atoms. The van der Waals surface area contributed by atoms with Crippen molar-refractivity contribution >= 4 is 11.6 Å². The van der Waals surface area contributed by atoms with Gasteiger partial charge in [0.05, 0.1) is 5.54 Å². The Balaban J connectivity index is 2.76. The number of nitrogens with one attached hydrogen (secondary N) is 1. The fraction of sp³-hybridized carbons (Fsp3) is 0.611. The van der Waals surface area contributed by atoms with E-state index in [9.17, 15) is 4.79 Å².